The summed E-state index contributed by atoms with van der Waals surface area (Å²) in [5.74, 6) is -0.340. The maximum atomic E-state index is 13.4. The molecule has 0 heterocycles. The molecular formula is C11H14FIO. The van der Waals surface area contributed by atoms with E-state index in [1.165, 1.54) is 6.07 Å². The molecule has 3 heteroatoms. The number of halogens is 2. The highest BCUT2D eigenvalue weighted by molar-refractivity contribution is 14.1. The fraction of sp³-hybridized carbons (Fsp3) is 0.455. The van der Waals surface area contributed by atoms with Gasteiger partial charge in [0.25, 0.3) is 0 Å². The van der Waals surface area contributed by atoms with E-state index < -0.39 is 6.10 Å². The molecule has 1 nitrogen and oxygen atoms in total. The van der Waals surface area contributed by atoms with Gasteiger partial charge in [0.15, 0.2) is 0 Å². The molecule has 14 heavy (non-hydrogen) atoms. The molecule has 78 valence electrons. The van der Waals surface area contributed by atoms with Crippen LogP contribution in [0.4, 0.5) is 4.39 Å². The van der Waals surface area contributed by atoms with E-state index in [4.69, 9.17) is 0 Å². The van der Waals surface area contributed by atoms with Crippen molar-refractivity contribution >= 4 is 22.6 Å². The van der Waals surface area contributed by atoms with E-state index in [2.05, 4.69) is 22.6 Å². The van der Waals surface area contributed by atoms with E-state index in [0.29, 0.717) is 5.56 Å². The van der Waals surface area contributed by atoms with Crippen molar-refractivity contribution in [1.82, 2.24) is 0 Å². The molecule has 0 radical (unpaired) electrons. The molecule has 1 N–H and O–H groups in total. The SMILES string of the molecule is CC(C)(C)C(O)c1cc(I)ccc1F. The van der Waals surface area contributed by atoms with Crippen LogP contribution in [0.5, 0.6) is 0 Å². The molecule has 0 aromatic heterocycles. The Morgan fingerprint density at radius 2 is 1.93 bits per heavy atom. The summed E-state index contributed by atoms with van der Waals surface area (Å²) in [7, 11) is 0. The Morgan fingerprint density at radius 3 is 2.43 bits per heavy atom. The number of hydrogen-bond donors (Lipinski definition) is 1. The highest BCUT2D eigenvalue weighted by atomic mass is 127. The predicted molar refractivity (Wildman–Crippen MR) is 63.5 cm³/mol. The van der Waals surface area contributed by atoms with Gasteiger partial charge >= 0.3 is 0 Å². The third-order valence-corrected chi connectivity index (χ3v) is 2.74. The van der Waals surface area contributed by atoms with Gasteiger partial charge in [0.1, 0.15) is 5.82 Å². The number of rotatable bonds is 1. The van der Waals surface area contributed by atoms with Crippen LogP contribution in [0.1, 0.15) is 32.4 Å². The normalized spacial score (nSPS) is 14.1. The number of aliphatic hydroxyl groups is 1. The minimum Gasteiger partial charge on any atom is -0.388 e. The van der Waals surface area contributed by atoms with Crippen LogP contribution in [0.25, 0.3) is 0 Å². The van der Waals surface area contributed by atoms with E-state index in [1.807, 2.05) is 20.8 Å². The molecule has 0 amide bonds. The summed E-state index contributed by atoms with van der Waals surface area (Å²) >= 11 is 2.11. The highest BCUT2D eigenvalue weighted by Gasteiger charge is 2.26. The van der Waals surface area contributed by atoms with Gasteiger partial charge in [-0.3, -0.25) is 0 Å². The number of benzene rings is 1. The van der Waals surface area contributed by atoms with Crippen LogP contribution in [-0.4, -0.2) is 5.11 Å². The predicted octanol–water partition coefficient (Wildman–Crippen LogP) is 3.51. The first-order valence-corrected chi connectivity index (χ1v) is 5.53. The van der Waals surface area contributed by atoms with E-state index in [9.17, 15) is 9.50 Å². The fourth-order valence-corrected chi connectivity index (χ4v) is 1.71. The van der Waals surface area contributed by atoms with Gasteiger partial charge in [0.2, 0.25) is 0 Å². The molecule has 0 bridgehead atoms. The zero-order valence-electron chi connectivity index (χ0n) is 8.51. The fourth-order valence-electron chi connectivity index (χ4n) is 1.19. The lowest BCUT2D eigenvalue weighted by Crippen LogP contribution is -2.19. The van der Waals surface area contributed by atoms with Gasteiger partial charge in [-0.05, 0) is 46.2 Å². The standard InChI is InChI=1S/C11H14FIO/c1-11(2,3)10(14)8-6-7(13)4-5-9(8)12/h4-6,10,14H,1-3H3. The Bertz CT molecular complexity index is 331. The average molecular weight is 308 g/mol. The van der Waals surface area contributed by atoms with Gasteiger partial charge in [-0.15, -0.1) is 0 Å². The Labute approximate surface area is 97.5 Å². The Balaban J connectivity index is 3.12. The van der Waals surface area contributed by atoms with Crippen LogP contribution in [0, 0.1) is 14.8 Å². The molecule has 0 spiro atoms. The van der Waals surface area contributed by atoms with Gasteiger partial charge in [-0.2, -0.15) is 0 Å². The molecule has 1 aromatic rings. The van der Waals surface area contributed by atoms with Crippen molar-refractivity contribution in [2.24, 2.45) is 5.41 Å². The van der Waals surface area contributed by atoms with Crippen molar-refractivity contribution in [3.63, 3.8) is 0 Å². The van der Waals surface area contributed by atoms with Crippen molar-refractivity contribution in [2.75, 3.05) is 0 Å². The Morgan fingerprint density at radius 1 is 1.36 bits per heavy atom. The van der Waals surface area contributed by atoms with Gasteiger partial charge in [-0.25, -0.2) is 4.39 Å². The minimum absolute atomic E-state index is 0.340. The highest BCUT2D eigenvalue weighted by Crippen LogP contribution is 2.34. The van der Waals surface area contributed by atoms with Crippen molar-refractivity contribution in [2.45, 2.75) is 26.9 Å². The van der Waals surface area contributed by atoms with Gasteiger partial charge < -0.3 is 5.11 Å². The molecule has 1 aromatic carbocycles. The summed E-state index contributed by atoms with van der Waals surface area (Å²) in [5.41, 5.74) is 0.0371. The van der Waals surface area contributed by atoms with E-state index in [-0.39, 0.29) is 11.2 Å². The zero-order valence-corrected chi connectivity index (χ0v) is 10.7. The lowest BCUT2D eigenvalue weighted by molar-refractivity contribution is 0.0594. The summed E-state index contributed by atoms with van der Waals surface area (Å²) in [6, 6.07) is 4.77. The molecule has 0 saturated carbocycles. The molecule has 0 saturated heterocycles. The number of aliphatic hydroxyl groups excluding tert-OH is 1. The zero-order chi connectivity index (χ0) is 10.9. The quantitative estimate of drug-likeness (QED) is 0.787. The van der Waals surface area contributed by atoms with Crippen LogP contribution in [0.3, 0.4) is 0 Å². The van der Waals surface area contributed by atoms with Gasteiger partial charge in [0.05, 0.1) is 6.10 Å². The van der Waals surface area contributed by atoms with Crippen LogP contribution in [0.15, 0.2) is 18.2 Å². The van der Waals surface area contributed by atoms with E-state index >= 15 is 0 Å². The van der Waals surface area contributed by atoms with Gasteiger partial charge in [0, 0.05) is 9.13 Å². The lowest BCUT2D eigenvalue weighted by Gasteiger charge is -2.26. The monoisotopic (exact) mass is 308 g/mol. The summed E-state index contributed by atoms with van der Waals surface area (Å²) < 4.78 is 14.3. The summed E-state index contributed by atoms with van der Waals surface area (Å²) in [6.45, 7) is 5.66. The summed E-state index contributed by atoms with van der Waals surface area (Å²) in [6.07, 6.45) is -0.766. The average Bonchev–Trinajstić information content (AvgIpc) is 2.06. The Kier molecular flexibility index (Phi) is 3.53. The second kappa shape index (κ2) is 4.14. The first-order valence-electron chi connectivity index (χ1n) is 4.45. The second-order valence-corrected chi connectivity index (χ2v) is 5.68. The van der Waals surface area contributed by atoms with Crippen LogP contribution in [-0.2, 0) is 0 Å². The second-order valence-electron chi connectivity index (χ2n) is 4.43. The van der Waals surface area contributed by atoms with Crippen molar-refractivity contribution in [3.8, 4) is 0 Å². The molecule has 1 atom stereocenters. The number of hydrogen-bond acceptors (Lipinski definition) is 1. The summed E-state index contributed by atoms with van der Waals surface area (Å²) in [4.78, 5) is 0. The molecular weight excluding hydrogens is 294 g/mol. The van der Waals surface area contributed by atoms with E-state index in [1.54, 1.807) is 12.1 Å². The van der Waals surface area contributed by atoms with E-state index in [0.717, 1.165) is 3.57 Å². The van der Waals surface area contributed by atoms with Crippen molar-refractivity contribution in [1.29, 1.82) is 0 Å². The lowest BCUT2D eigenvalue weighted by atomic mass is 9.85. The topological polar surface area (TPSA) is 20.2 Å². The van der Waals surface area contributed by atoms with Gasteiger partial charge in [-0.1, -0.05) is 20.8 Å². The third kappa shape index (κ3) is 2.67. The maximum absolute atomic E-state index is 13.4. The minimum atomic E-state index is -0.766. The maximum Gasteiger partial charge on any atom is 0.129 e. The van der Waals surface area contributed by atoms with Crippen LogP contribution >= 0.6 is 22.6 Å². The smallest absolute Gasteiger partial charge is 0.129 e. The van der Waals surface area contributed by atoms with Crippen LogP contribution < -0.4 is 0 Å². The summed E-state index contributed by atoms with van der Waals surface area (Å²) in [5, 5.41) is 9.92. The molecule has 1 rings (SSSR count). The largest absolute Gasteiger partial charge is 0.388 e. The first-order chi connectivity index (χ1) is 6.32. The van der Waals surface area contributed by atoms with Crippen molar-refractivity contribution < 1.29 is 9.50 Å². The molecule has 0 fully saturated rings. The third-order valence-electron chi connectivity index (χ3n) is 2.07. The Hall–Kier alpha value is -0.160. The van der Waals surface area contributed by atoms with Crippen molar-refractivity contribution in [3.05, 3.63) is 33.1 Å². The molecule has 1 unspecified atom stereocenters. The molecule has 0 aliphatic carbocycles. The molecule has 0 aliphatic heterocycles. The first kappa shape index (κ1) is 11.9. The molecule has 0 aliphatic rings. The van der Waals surface area contributed by atoms with Crippen LogP contribution in [0.2, 0.25) is 0 Å².